The molecule has 2 amide bonds. The van der Waals surface area contributed by atoms with Crippen molar-refractivity contribution in [1.29, 1.82) is 0 Å². The summed E-state index contributed by atoms with van der Waals surface area (Å²) in [6, 6.07) is 21.8. The topological polar surface area (TPSA) is 80.5 Å². The number of benzene rings is 3. The Balaban J connectivity index is 1.90. The van der Waals surface area contributed by atoms with Crippen molar-refractivity contribution in [3.05, 3.63) is 111 Å². The van der Waals surface area contributed by atoms with E-state index in [2.05, 4.69) is 0 Å². The van der Waals surface area contributed by atoms with Gasteiger partial charge in [0.05, 0.1) is 16.5 Å². The number of nitro benzene ring substituents is 1. The van der Waals surface area contributed by atoms with E-state index in [0.29, 0.717) is 0 Å². The highest BCUT2D eigenvalue weighted by Crippen LogP contribution is 2.38. The van der Waals surface area contributed by atoms with Gasteiger partial charge >= 0.3 is 0 Å². The van der Waals surface area contributed by atoms with E-state index in [1.165, 1.54) is 18.2 Å². The van der Waals surface area contributed by atoms with Gasteiger partial charge in [-0.25, -0.2) is 0 Å². The van der Waals surface area contributed by atoms with Crippen LogP contribution in [-0.4, -0.2) is 21.6 Å². The van der Waals surface area contributed by atoms with E-state index in [4.69, 9.17) is 0 Å². The van der Waals surface area contributed by atoms with E-state index in [1.807, 2.05) is 60.7 Å². The maximum atomic E-state index is 13.1. The molecule has 4 rings (SSSR count). The summed E-state index contributed by atoms with van der Waals surface area (Å²) in [4.78, 5) is 38.0. The maximum Gasteiger partial charge on any atom is 0.282 e. The third-order valence-corrected chi connectivity index (χ3v) is 4.61. The van der Waals surface area contributed by atoms with Crippen molar-refractivity contribution in [2.75, 3.05) is 0 Å². The van der Waals surface area contributed by atoms with Gasteiger partial charge in [-0.3, -0.25) is 24.6 Å². The summed E-state index contributed by atoms with van der Waals surface area (Å²) in [5.41, 5.74) is 1.06. The van der Waals surface area contributed by atoms with Crippen LogP contribution in [0.15, 0.2) is 78.9 Å². The van der Waals surface area contributed by atoms with Gasteiger partial charge in [0.15, 0.2) is 0 Å². The van der Waals surface area contributed by atoms with Crippen molar-refractivity contribution < 1.29 is 14.5 Å². The average molecular weight is 358 g/mol. The molecule has 0 saturated heterocycles. The predicted octanol–water partition coefficient (Wildman–Crippen LogP) is 3.98. The van der Waals surface area contributed by atoms with E-state index in [0.717, 1.165) is 16.0 Å². The van der Waals surface area contributed by atoms with Gasteiger partial charge in [-0.05, 0) is 17.2 Å². The summed E-state index contributed by atoms with van der Waals surface area (Å²) < 4.78 is 0. The van der Waals surface area contributed by atoms with Gasteiger partial charge in [-0.2, -0.15) is 0 Å². The van der Waals surface area contributed by atoms with Crippen molar-refractivity contribution in [2.45, 2.75) is 6.04 Å². The van der Waals surface area contributed by atoms with Crippen LogP contribution in [0.5, 0.6) is 0 Å². The smallest absolute Gasteiger partial charge is 0.269 e. The molecule has 0 fully saturated rings. The third-order valence-electron chi connectivity index (χ3n) is 4.61. The molecule has 0 radical (unpaired) electrons. The van der Waals surface area contributed by atoms with Crippen LogP contribution >= 0.6 is 0 Å². The van der Waals surface area contributed by atoms with E-state index < -0.39 is 22.8 Å². The Morgan fingerprint density at radius 3 is 1.81 bits per heavy atom. The molecule has 6 nitrogen and oxygen atoms in total. The van der Waals surface area contributed by atoms with Crippen LogP contribution in [0.4, 0.5) is 5.69 Å². The molecular weight excluding hydrogens is 344 g/mol. The molecule has 0 aromatic heterocycles. The SMILES string of the molecule is O=C1c2cccc([N+](=O)[O-])c2C(=O)N1C(c1ccccc1)c1ccccc1. The predicted molar refractivity (Wildman–Crippen MR) is 98.3 cm³/mol. The summed E-state index contributed by atoms with van der Waals surface area (Å²) in [6.07, 6.45) is 0. The Morgan fingerprint density at radius 1 is 0.741 bits per heavy atom. The summed E-state index contributed by atoms with van der Waals surface area (Å²) >= 11 is 0. The average Bonchev–Trinajstić information content (AvgIpc) is 2.95. The van der Waals surface area contributed by atoms with Gasteiger partial charge in [-0.1, -0.05) is 66.7 Å². The second-order valence-electron chi connectivity index (χ2n) is 6.16. The molecular formula is C21H14N2O4. The monoisotopic (exact) mass is 358 g/mol. The highest BCUT2D eigenvalue weighted by atomic mass is 16.6. The molecule has 0 N–H and O–H groups in total. The van der Waals surface area contributed by atoms with Crippen molar-refractivity contribution in [1.82, 2.24) is 4.90 Å². The van der Waals surface area contributed by atoms with Crippen molar-refractivity contribution >= 4 is 17.5 Å². The van der Waals surface area contributed by atoms with E-state index >= 15 is 0 Å². The zero-order valence-electron chi connectivity index (χ0n) is 14.1. The molecule has 1 aliphatic rings. The van der Waals surface area contributed by atoms with Crippen LogP contribution in [0.25, 0.3) is 0 Å². The molecule has 0 atom stereocenters. The van der Waals surface area contributed by atoms with Gasteiger partial charge in [0.2, 0.25) is 0 Å². The fourth-order valence-electron chi connectivity index (χ4n) is 3.43. The number of carbonyl (C=O) groups excluding carboxylic acids is 2. The zero-order chi connectivity index (χ0) is 19.0. The van der Waals surface area contributed by atoms with E-state index in [1.54, 1.807) is 0 Å². The summed E-state index contributed by atoms with van der Waals surface area (Å²) in [7, 11) is 0. The number of nitro groups is 1. The standard InChI is InChI=1S/C21H14N2O4/c24-20-16-12-7-13-17(23(26)27)18(16)21(25)22(20)19(14-8-3-1-4-9-14)15-10-5-2-6-11-15/h1-13,19H. The number of fused-ring (bicyclic) bond motifs is 1. The lowest BCUT2D eigenvalue weighted by Gasteiger charge is -2.27. The molecule has 27 heavy (non-hydrogen) atoms. The van der Waals surface area contributed by atoms with E-state index in [9.17, 15) is 19.7 Å². The molecule has 1 heterocycles. The minimum absolute atomic E-state index is 0.0612. The normalized spacial score (nSPS) is 13.1. The molecule has 6 heteroatoms. The Labute approximate surface area is 154 Å². The Kier molecular flexibility index (Phi) is 4.01. The minimum Gasteiger partial charge on any atom is -0.269 e. The first-order valence-electron chi connectivity index (χ1n) is 8.35. The first-order chi connectivity index (χ1) is 13.1. The largest absolute Gasteiger partial charge is 0.282 e. The minimum atomic E-state index is -0.667. The number of hydrogen-bond acceptors (Lipinski definition) is 4. The number of imide groups is 1. The molecule has 0 bridgehead atoms. The second-order valence-corrected chi connectivity index (χ2v) is 6.16. The molecule has 132 valence electrons. The third kappa shape index (κ3) is 2.67. The highest BCUT2D eigenvalue weighted by molar-refractivity contribution is 6.23. The molecule has 3 aromatic carbocycles. The van der Waals surface area contributed by atoms with Gasteiger partial charge in [0.1, 0.15) is 5.56 Å². The lowest BCUT2D eigenvalue weighted by molar-refractivity contribution is -0.385. The Morgan fingerprint density at radius 2 is 1.30 bits per heavy atom. The zero-order valence-corrected chi connectivity index (χ0v) is 14.1. The van der Waals surface area contributed by atoms with Crippen molar-refractivity contribution in [3.63, 3.8) is 0 Å². The van der Waals surface area contributed by atoms with Crippen LogP contribution in [0.1, 0.15) is 37.9 Å². The molecule has 0 aliphatic carbocycles. The van der Waals surface area contributed by atoms with Gasteiger partial charge < -0.3 is 0 Å². The maximum absolute atomic E-state index is 13.1. The Hall–Kier alpha value is -3.80. The molecule has 1 aliphatic heterocycles. The fraction of sp³-hybridized carbons (Fsp3) is 0.0476. The van der Waals surface area contributed by atoms with Gasteiger partial charge in [0.25, 0.3) is 17.5 Å². The molecule has 0 saturated carbocycles. The molecule has 3 aromatic rings. The quantitative estimate of drug-likeness (QED) is 0.401. The molecule has 0 spiro atoms. The van der Waals surface area contributed by atoms with Crippen LogP contribution in [0.2, 0.25) is 0 Å². The Bertz CT molecular complexity index is 1010. The van der Waals surface area contributed by atoms with Gasteiger partial charge in [-0.15, -0.1) is 0 Å². The number of hydrogen-bond donors (Lipinski definition) is 0. The lowest BCUT2D eigenvalue weighted by Crippen LogP contribution is -2.34. The van der Waals surface area contributed by atoms with Crippen molar-refractivity contribution in [3.8, 4) is 0 Å². The van der Waals surface area contributed by atoms with Crippen LogP contribution in [0, 0.1) is 10.1 Å². The number of amides is 2. The second kappa shape index (κ2) is 6.49. The summed E-state index contributed by atoms with van der Waals surface area (Å²) in [5, 5.41) is 11.4. The number of nitrogens with zero attached hydrogens (tertiary/aromatic N) is 2. The first-order valence-corrected chi connectivity index (χ1v) is 8.35. The summed E-state index contributed by atoms with van der Waals surface area (Å²) in [5.74, 6) is -1.18. The fourth-order valence-corrected chi connectivity index (χ4v) is 3.43. The highest BCUT2D eigenvalue weighted by Gasteiger charge is 2.45. The van der Waals surface area contributed by atoms with Crippen molar-refractivity contribution in [2.24, 2.45) is 0 Å². The van der Waals surface area contributed by atoms with Crippen LogP contribution in [0.3, 0.4) is 0 Å². The van der Waals surface area contributed by atoms with Crippen LogP contribution in [-0.2, 0) is 0 Å². The van der Waals surface area contributed by atoms with Crippen LogP contribution < -0.4 is 0 Å². The lowest BCUT2D eigenvalue weighted by atomic mass is 9.97. The van der Waals surface area contributed by atoms with Gasteiger partial charge in [0, 0.05) is 6.07 Å². The first kappa shape index (κ1) is 16.7. The number of carbonyl (C=O) groups is 2. The van der Waals surface area contributed by atoms with E-state index in [-0.39, 0.29) is 16.8 Å². The number of rotatable bonds is 4. The summed E-state index contributed by atoms with van der Waals surface area (Å²) in [6.45, 7) is 0. The molecule has 0 unspecified atom stereocenters.